The quantitative estimate of drug-likeness (QED) is 0.590. The van der Waals surface area contributed by atoms with Crippen LogP contribution in [-0.4, -0.2) is 12.5 Å². The van der Waals surface area contributed by atoms with Crippen molar-refractivity contribution in [2.75, 3.05) is 6.26 Å². The molecular weight excluding hydrogens is 154 g/mol. The predicted molar refractivity (Wildman–Crippen MR) is 55.3 cm³/mol. The third-order valence-electron chi connectivity index (χ3n) is 1.45. The highest BCUT2D eigenvalue weighted by molar-refractivity contribution is 8.02. The van der Waals surface area contributed by atoms with E-state index >= 15 is 0 Å². The maximum atomic E-state index is 4.25. The first-order valence-corrected chi connectivity index (χ1v) is 5.21. The van der Waals surface area contributed by atoms with Crippen molar-refractivity contribution in [3.05, 3.63) is 10.6 Å². The first-order chi connectivity index (χ1) is 5.26. The minimum atomic E-state index is 1.16. The van der Waals surface area contributed by atoms with Crippen molar-refractivity contribution >= 4 is 18.0 Å². The lowest BCUT2D eigenvalue weighted by molar-refractivity contribution is 0.933. The Morgan fingerprint density at radius 1 is 1.55 bits per heavy atom. The molecule has 0 aromatic rings. The van der Waals surface area contributed by atoms with Crippen LogP contribution in [-0.2, 0) is 0 Å². The van der Waals surface area contributed by atoms with Crippen LogP contribution in [0.3, 0.4) is 0 Å². The molecule has 0 unspecified atom stereocenters. The van der Waals surface area contributed by atoms with Crippen LogP contribution in [0.4, 0.5) is 0 Å². The molecule has 0 aliphatic heterocycles. The van der Waals surface area contributed by atoms with Crippen LogP contribution in [0, 0.1) is 0 Å². The third kappa shape index (κ3) is 4.25. The smallest absolute Gasteiger partial charge is 0.0463 e. The van der Waals surface area contributed by atoms with Gasteiger partial charge in [-0.3, -0.25) is 4.99 Å². The topological polar surface area (TPSA) is 12.4 Å². The van der Waals surface area contributed by atoms with E-state index in [1.807, 2.05) is 24.9 Å². The van der Waals surface area contributed by atoms with Gasteiger partial charge in [0.2, 0.25) is 0 Å². The first kappa shape index (κ1) is 10.8. The second kappa shape index (κ2) is 6.47. The molecule has 0 saturated carbocycles. The highest BCUT2D eigenvalue weighted by atomic mass is 32.2. The van der Waals surface area contributed by atoms with E-state index in [9.17, 15) is 0 Å². The van der Waals surface area contributed by atoms with Gasteiger partial charge in [0.25, 0.3) is 0 Å². The van der Waals surface area contributed by atoms with E-state index in [1.165, 1.54) is 17.0 Å². The fourth-order valence-electron chi connectivity index (χ4n) is 0.923. The second-order valence-corrected chi connectivity index (χ2v) is 3.25. The minimum absolute atomic E-state index is 1.16. The Labute approximate surface area is 74.0 Å². The lowest BCUT2D eigenvalue weighted by atomic mass is 10.3. The van der Waals surface area contributed by atoms with Crippen molar-refractivity contribution in [1.29, 1.82) is 0 Å². The van der Waals surface area contributed by atoms with Crippen LogP contribution in [0.5, 0.6) is 0 Å². The molecule has 0 spiro atoms. The zero-order valence-electron chi connectivity index (χ0n) is 7.85. The molecule has 0 heterocycles. The molecule has 11 heavy (non-hydrogen) atoms. The monoisotopic (exact) mass is 171 g/mol. The van der Waals surface area contributed by atoms with E-state index < -0.39 is 0 Å². The van der Waals surface area contributed by atoms with Crippen LogP contribution >= 0.6 is 11.8 Å². The van der Waals surface area contributed by atoms with Gasteiger partial charge in [-0.2, -0.15) is 0 Å². The average molecular weight is 171 g/mol. The standard InChI is InChI=1S/C9H17NS/c1-5-7-9(11-4)8(3)10-6-2/h6H,5,7H2,1-4H3/b9-8-,10-6?. The van der Waals surface area contributed by atoms with Crippen molar-refractivity contribution in [2.45, 2.75) is 33.6 Å². The van der Waals surface area contributed by atoms with Gasteiger partial charge in [-0.15, -0.1) is 11.8 Å². The van der Waals surface area contributed by atoms with E-state index in [-0.39, 0.29) is 0 Å². The first-order valence-electron chi connectivity index (χ1n) is 3.98. The van der Waals surface area contributed by atoms with Crippen molar-refractivity contribution in [3.8, 4) is 0 Å². The van der Waals surface area contributed by atoms with Crippen LogP contribution < -0.4 is 0 Å². The molecule has 2 heteroatoms. The van der Waals surface area contributed by atoms with Crippen molar-refractivity contribution < 1.29 is 0 Å². The normalized spacial score (nSPS) is 13.8. The van der Waals surface area contributed by atoms with Gasteiger partial charge in [-0.25, -0.2) is 0 Å². The maximum absolute atomic E-state index is 4.25. The Morgan fingerprint density at radius 3 is 2.55 bits per heavy atom. The fourth-order valence-corrected chi connectivity index (χ4v) is 1.68. The Bertz CT molecular complexity index is 159. The third-order valence-corrected chi connectivity index (χ3v) is 2.44. The number of hydrogen-bond acceptors (Lipinski definition) is 2. The Balaban J connectivity index is 4.26. The van der Waals surface area contributed by atoms with Crippen LogP contribution in [0.1, 0.15) is 33.6 Å². The van der Waals surface area contributed by atoms with E-state index in [0.29, 0.717) is 0 Å². The zero-order valence-corrected chi connectivity index (χ0v) is 8.66. The molecule has 1 nitrogen and oxygen atoms in total. The largest absolute Gasteiger partial charge is 0.265 e. The van der Waals surface area contributed by atoms with Crippen LogP contribution in [0.2, 0.25) is 0 Å². The summed E-state index contributed by atoms with van der Waals surface area (Å²) in [5.41, 5.74) is 1.17. The number of thioether (sulfide) groups is 1. The molecule has 0 fully saturated rings. The van der Waals surface area contributed by atoms with Crippen LogP contribution in [0.25, 0.3) is 0 Å². The lowest BCUT2D eigenvalue weighted by Gasteiger charge is -2.03. The van der Waals surface area contributed by atoms with Gasteiger partial charge in [-0.05, 0) is 26.5 Å². The number of rotatable bonds is 4. The number of allylic oxidation sites excluding steroid dienone is 2. The predicted octanol–water partition coefficient (Wildman–Crippen LogP) is 3.47. The highest BCUT2D eigenvalue weighted by Gasteiger charge is 1.97. The molecule has 0 rings (SSSR count). The molecular formula is C9H17NS. The Hall–Kier alpha value is -0.240. The Kier molecular flexibility index (Phi) is 6.33. The van der Waals surface area contributed by atoms with Gasteiger partial charge < -0.3 is 0 Å². The average Bonchev–Trinajstić information content (AvgIpc) is 2.00. The summed E-state index contributed by atoms with van der Waals surface area (Å²) >= 11 is 1.81. The summed E-state index contributed by atoms with van der Waals surface area (Å²) in [6.07, 6.45) is 6.32. The molecule has 0 aromatic heterocycles. The number of nitrogens with zero attached hydrogens (tertiary/aromatic N) is 1. The van der Waals surface area contributed by atoms with E-state index in [2.05, 4.69) is 25.1 Å². The van der Waals surface area contributed by atoms with Crippen molar-refractivity contribution in [1.82, 2.24) is 0 Å². The Morgan fingerprint density at radius 2 is 2.18 bits per heavy atom. The van der Waals surface area contributed by atoms with Crippen molar-refractivity contribution in [3.63, 3.8) is 0 Å². The van der Waals surface area contributed by atoms with Crippen LogP contribution in [0.15, 0.2) is 15.6 Å². The summed E-state index contributed by atoms with van der Waals surface area (Å²) in [5.74, 6) is 0. The maximum Gasteiger partial charge on any atom is 0.0463 e. The summed E-state index contributed by atoms with van der Waals surface area (Å²) in [5, 5.41) is 0. The number of aliphatic imine (C=N–C) groups is 1. The molecule has 0 radical (unpaired) electrons. The van der Waals surface area contributed by atoms with E-state index in [0.717, 1.165) is 6.42 Å². The zero-order chi connectivity index (χ0) is 8.69. The molecule has 0 N–H and O–H groups in total. The van der Waals surface area contributed by atoms with Gasteiger partial charge >= 0.3 is 0 Å². The molecule has 0 bridgehead atoms. The molecule has 0 atom stereocenters. The molecule has 64 valence electrons. The lowest BCUT2D eigenvalue weighted by Crippen LogP contribution is -1.81. The van der Waals surface area contributed by atoms with Gasteiger partial charge in [0.15, 0.2) is 0 Å². The minimum Gasteiger partial charge on any atom is -0.265 e. The fraction of sp³-hybridized carbons (Fsp3) is 0.667. The summed E-state index contributed by atoms with van der Waals surface area (Å²) in [7, 11) is 0. The van der Waals surface area contributed by atoms with Gasteiger partial charge in [0, 0.05) is 16.8 Å². The summed E-state index contributed by atoms with van der Waals surface area (Å²) in [4.78, 5) is 5.66. The summed E-state index contributed by atoms with van der Waals surface area (Å²) < 4.78 is 0. The van der Waals surface area contributed by atoms with Crippen molar-refractivity contribution in [2.24, 2.45) is 4.99 Å². The molecule has 0 aliphatic carbocycles. The van der Waals surface area contributed by atoms with E-state index in [4.69, 9.17) is 0 Å². The molecule has 0 aromatic carbocycles. The van der Waals surface area contributed by atoms with E-state index in [1.54, 1.807) is 0 Å². The summed E-state index contributed by atoms with van der Waals surface area (Å²) in [6.45, 7) is 6.22. The van der Waals surface area contributed by atoms with Gasteiger partial charge in [0.05, 0.1) is 0 Å². The SMILES string of the molecule is CC=N/C(C)=C(/CCC)SC. The second-order valence-electron chi connectivity index (χ2n) is 2.35. The summed E-state index contributed by atoms with van der Waals surface area (Å²) in [6, 6.07) is 0. The number of hydrogen-bond donors (Lipinski definition) is 0. The van der Waals surface area contributed by atoms with Gasteiger partial charge in [0.1, 0.15) is 0 Å². The molecule has 0 amide bonds. The van der Waals surface area contributed by atoms with Gasteiger partial charge in [-0.1, -0.05) is 13.3 Å². The highest BCUT2D eigenvalue weighted by Crippen LogP contribution is 2.22. The molecule has 0 saturated heterocycles. The molecule has 0 aliphatic rings.